The Morgan fingerprint density at radius 3 is 2.50 bits per heavy atom. The van der Waals surface area contributed by atoms with Crippen molar-refractivity contribution in [2.75, 3.05) is 13.1 Å². The van der Waals surface area contributed by atoms with Crippen LogP contribution in [0, 0.1) is 0 Å². The molecule has 2 nitrogen and oxygen atoms in total. The monoisotopic (exact) mass is 213 g/mol. The van der Waals surface area contributed by atoms with Crippen molar-refractivity contribution in [2.45, 2.75) is 18.4 Å². The summed E-state index contributed by atoms with van der Waals surface area (Å²) in [6, 6.07) is 9.91. The molecule has 78 valence electrons. The fraction of sp³-hybridized carbons (Fsp3) is 0.455. The van der Waals surface area contributed by atoms with Gasteiger partial charge in [-0.1, -0.05) is 30.3 Å². The highest BCUT2D eigenvalue weighted by molar-refractivity contribution is 5.85. The first-order valence-electron chi connectivity index (χ1n) is 4.80. The zero-order valence-corrected chi connectivity index (χ0v) is 8.89. The second-order valence-electron chi connectivity index (χ2n) is 3.68. The van der Waals surface area contributed by atoms with Gasteiger partial charge in [-0.3, -0.25) is 0 Å². The number of benzene rings is 1. The predicted molar refractivity (Wildman–Crippen MR) is 59.7 cm³/mol. The average molecular weight is 214 g/mol. The maximum absolute atomic E-state index is 10.3. The number of halogens is 1. The summed E-state index contributed by atoms with van der Waals surface area (Å²) in [6.45, 7) is 1.70. The van der Waals surface area contributed by atoms with E-state index in [0.29, 0.717) is 6.54 Å². The van der Waals surface area contributed by atoms with E-state index >= 15 is 0 Å². The molecule has 0 saturated carbocycles. The van der Waals surface area contributed by atoms with E-state index in [0.717, 1.165) is 24.9 Å². The summed E-state index contributed by atoms with van der Waals surface area (Å²) in [5.41, 5.74) is 0.390. The highest BCUT2D eigenvalue weighted by atomic mass is 35.5. The molecule has 1 saturated heterocycles. The Kier molecular flexibility index (Phi) is 3.93. The van der Waals surface area contributed by atoms with Crippen LogP contribution in [0.1, 0.15) is 18.4 Å². The molecule has 0 spiro atoms. The molecular formula is C11H16ClNO. The number of aliphatic hydroxyl groups is 1. The molecule has 1 aliphatic rings. The second-order valence-corrected chi connectivity index (χ2v) is 3.68. The molecule has 1 unspecified atom stereocenters. The van der Waals surface area contributed by atoms with Crippen LogP contribution in [0.2, 0.25) is 0 Å². The molecule has 0 aromatic heterocycles. The van der Waals surface area contributed by atoms with Gasteiger partial charge in [-0.15, -0.1) is 12.4 Å². The molecule has 1 aliphatic heterocycles. The molecule has 1 aromatic carbocycles. The van der Waals surface area contributed by atoms with E-state index in [4.69, 9.17) is 0 Å². The topological polar surface area (TPSA) is 32.3 Å². The van der Waals surface area contributed by atoms with Crippen LogP contribution in [0.15, 0.2) is 30.3 Å². The standard InChI is InChI=1S/C11H15NO.ClH/c13-11(7-4-8-12-9-11)10-5-2-1-3-6-10;/h1-3,5-6,12-13H,4,7-9H2;1H. The van der Waals surface area contributed by atoms with Gasteiger partial charge in [0.2, 0.25) is 0 Å². The Bertz CT molecular complexity index is 270. The minimum Gasteiger partial charge on any atom is -0.384 e. The van der Waals surface area contributed by atoms with E-state index in [2.05, 4.69) is 5.32 Å². The molecule has 2 rings (SSSR count). The summed E-state index contributed by atoms with van der Waals surface area (Å²) < 4.78 is 0. The smallest absolute Gasteiger partial charge is 0.102 e. The van der Waals surface area contributed by atoms with E-state index in [1.165, 1.54) is 0 Å². The second kappa shape index (κ2) is 4.78. The third-order valence-corrected chi connectivity index (χ3v) is 2.67. The number of rotatable bonds is 1. The SMILES string of the molecule is Cl.OC1(c2ccccc2)CCCNC1. The summed E-state index contributed by atoms with van der Waals surface area (Å²) >= 11 is 0. The number of hydrogen-bond donors (Lipinski definition) is 2. The zero-order valence-electron chi connectivity index (χ0n) is 8.07. The van der Waals surface area contributed by atoms with Gasteiger partial charge in [0.05, 0.1) is 0 Å². The largest absolute Gasteiger partial charge is 0.384 e. The van der Waals surface area contributed by atoms with Gasteiger partial charge < -0.3 is 10.4 Å². The van der Waals surface area contributed by atoms with Gasteiger partial charge in [-0.05, 0) is 24.9 Å². The maximum atomic E-state index is 10.3. The van der Waals surface area contributed by atoms with E-state index < -0.39 is 5.60 Å². The van der Waals surface area contributed by atoms with Gasteiger partial charge in [0.15, 0.2) is 0 Å². The first kappa shape index (κ1) is 11.5. The summed E-state index contributed by atoms with van der Waals surface area (Å²) in [7, 11) is 0. The molecule has 0 amide bonds. The first-order valence-corrected chi connectivity index (χ1v) is 4.80. The molecule has 1 heterocycles. The Labute approximate surface area is 90.7 Å². The van der Waals surface area contributed by atoms with Crippen molar-refractivity contribution in [2.24, 2.45) is 0 Å². The minimum atomic E-state index is -0.639. The molecule has 1 fully saturated rings. The Balaban J connectivity index is 0.000000980. The summed E-state index contributed by atoms with van der Waals surface area (Å²) in [4.78, 5) is 0. The maximum Gasteiger partial charge on any atom is 0.102 e. The fourth-order valence-corrected chi connectivity index (χ4v) is 1.88. The quantitative estimate of drug-likeness (QED) is 0.744. The van der Waals surface area contributed by atoms with E-state index in [1.54, 1.807) is 0 Å². The van der Waals surface area contributed by atoms with Crippen LogP contribution in [-0.2, 0) is 5.60 Å². The van der Waals surface area contributed by atoms with E-state index in [1.807, 2.05) is 30.3 Å². The van der Waals surface area contributed by atoms with Crippen molar-refractivity contribution < 1.29 is 5.11 Å². The third kappa shape index (κ3) is 2.27. The van der Waals surface area contributed by atoms with Crippen LogP contribution >= 0.6 is 12.4 Å². The molecule has 1 atom stereocenters. The summed E-state index contributed by atoms with van der Waals surface area (Å²) in [6.07, 6.45) is 1.91. The summed E-state index contributed by atoms with van der Waals surface area (Å²) in [5.74, 6) is 0. The van der Waals surface area contributed by atoms with Crippen LogP contribution in [0.5, 0.6) is 0 Å². The fourth-order valence-electron chi connectivity index (χ4n) is 1.88. The van der Waals surface area contributed by atoms with Gasteiger partial charge in [0, 0.05) is 6.54 Å². The molecule has 3 heteroatoms. The molecule has 14 heavy (non-hydrogen) atoms. The Morgan fingerprint density at radius 1 is 1.21 bits per heavy atom. The first-order chi connectivity index (χ1) is 6.31. The van der Waals surface area contributed by atoms with Crippen LogP contribution in [-0.4, -0.2) is 18.2 Å². The summed E-state index contributed by atoms with van der Waals surface area (Å²) in [5, 5.41) is 13.5. The van der Waals surface area contributed by atoms with Crippen molar-refractivity contribution in [3.05, 3.63) is 35.9 Å². The molecule has 1 aromatic rings. The van der Waals surface area contributed by atoms with Gasteiger partial charge in [-0.25, -0.2) is 0 Å². The molecular weight excluding hydrogens is 198 g/mol. The van der Waals surface area contributed by atoms with E-state index in [9.17, 15) is 5.11 Å². The lowest BCUT2D eigenvalue weighted by Gasteiger charge is -2.33. The van der Waals surface area contributed by atoms with Gasteiger partial charge in [-0.2, -0.15) is 0 Å². The third-order valence-electron chi connectivity index (χ3n) is 2.67. The van der Waals surface area contributed by atoms with Crippen LogP contribution in [0.25, 0.3) is 0 Å². The van der Waals surface area contributed by atoms with Crippen LogP contribution in [0.4, 0.5) is 0 Å². The van der Waals surface area contributed by atoms with Gasteiger partial charge >= 0.3 is 0 Å². The highest BCUT2D eigenvalue weighted by Crippen LogP contribution is 2.27. The molecule has 2 N–H and O–H groups in total. The predicted octanol–water partition coefficient (Wildman–Crippen LogP) is 1.68. The van der Waals surface area contributed by atoms with Crippen molar-refractivity contribution in [3.8, 4) is 0 Å². The Hall–Kier alpha value is -0.570. The zero-order chi connectivity index (χ0) is 9.15. The van der Waals surface area contributed by atoms with E-state index in [-0.39, 0.29) is 12.4 Å². The van der Waals surface area contributed by atoms with Crippen molar-refractivity contribution >= 4 is 12.4 Å². The van der Waals surface area contributed by atoms with Crippen molar-refractivity contribution in [1.29, 1.82) is 0 Å². The number of piperidine rings is 1. The molecule has 0 aliphatic carbocycles. The number of nitrogens with one attached hydrogen (secondary N) is 1. The highest BCUT2D eigenvalue weighted by Gasteiger charge is 2.30. The Morgan fingerprint density at radius 2 is 1.93 bits per heavy atom. The van der Waals surface area contributed by atoms with Crippen LogP contribution < -0.4 is 5.32 Å². The average Bonchev–Trinajstić information content (AvgIpc) is 2.20. The minimum absolute atomic E-state index is 0. The van der Waals surface area contributed by atoms with Crippen LogP contribution in [0.3, 0.4) is 0 Å². The molecule has 0 radical (unpaired) electrons. The molecule has 0 bridgehead atoms. The number of hydrogen-bond acceptors (Lipinski definition) is 2. The van der Waals surface area contributed by atoms with Crippen molar-refractivity contribution in [3.63, 3.8) is 0 Å². The number of β-amino-alcohol motifs (C(OH)–C–C–N with tert-alkyl or cyclic N) is 1. The van der Waals surface area contributed by atoms with Gasteiger partial charge in [0.25, 0.3) is 0 Å². The normalized spacial score (nSPS) is 26.6. The van der Waals surface area contributed by atoms with Gasteiger partial charge in [0.1, 0.15) is 5.60 Å². The lowest BCUT2D eigenvalue weighted by Crippen LogP contribution is -2.43. The van der Waals surface area contributed by atoms with Crippen molar-refractivity contribution in [1.82, 2.24) is 5.32 Å². The lowest BCUT2D eigenvalue weighted by molar-refractivity contribution is 0.0123. The lowest BCUT2D eigenvalue weighted by atomic mass is 9.87.